The van der Waals surface area contributed by atoms with E-state index in [1.165, 1.54) is 4.90 Å². The lowest BCUT2D eigenvalue weighted by molar-refractivity contribution is -0.143. The van der Waals surface area contributed by atoms with Gasteiger partial charge in [0.15, 0.2) is 0 Å². The standard InChI is InChI=1S/C10H18N2O2/c1-6(11)7(2)12-8(13)5-10(3,4)9(12)14/h6-7H,5,11H2,1-4H3. The minimum Gasteiger partial charge on any atom is -0.326 e. The van der Waals surface area contributed by atoms with Gasteiger partial charge in [0.1, 0.15) is 0 Å². The summed E-state index contributed by atoms with van der Waals surface area (Å²) in [6.45, 7) is 7.20. The molecule has 0 aromatic carbocycles. The van der Waals surface area contributed by atoms with Gasteiger partial charge in [-0.2, -0.15) is 0 Å². The lowest BCUT2D eigenvalue weighted by Crippen LogP contribution is -2.48. The highest BCUT2D eigenvalue weighted by atomic mass is 16.2. The molecule has 0 spiro atoms. The molecule has 1 aliphatic rings. The smallest absolute Gasteiger partial charge is 0.235 e. The third-order valence-corrected chi connectivity index (χ3v) is 2.83. The lowest BCUT2D eigenvalue weighted by Gasteiger charge is -2.27. The molecule has 1 aliphatic heterocycles. The number of carbonyl (C=O) groups is 2. The van der Waals surface area contributed by atoms with Crippen LogP contribution in [0.15, 0.2) is 0 Å². The van der Waals surface area contributed by atoms with Crippen molar-refractivity contribution in [2.75, 3.05) is 0 Å². The molecule has 2 amide bonds. The second-order valence-electron chi connectivity index (χ2n) is 4.73. The van der Waals surface area contributed by atoms with Crippen LogP contribution in [0.3, 0.4) is 0 Å². The molecule has 2 unspecified atom stereocenters. The average molecular weight is 198 g/mol. The minimum atomic E-state index is -0.555. The first-order valence-corrected chi connectivity index (χ1v) is 4.89. The molecule has 4 nitrogen and oxygen atoms in total. The summed E-state index contributed by atoms with van der Waals surface area (Å²) in [6, 6.07) is -0.395. The quantitative estimate of drug-likeness (QED) is 0.657. The molecule has 2 atom stereocenters. The Bertz CT molecular complexity index is 271. The van der Waals surface area contributed by atoms with E-state index in [-0.39, 0.29) is 23.9 Å². The van der Waals surface area contributed by atoms with Crippen molar-refractivity contribution in [1.29, 1.82) is 0 Å². The lowest BCUT2D eigenvalue weighted by atomic mass is 9.92. The zero-order valence-corrected chi connectivity index (χ0v) is 9.20. The highest BCUT2D eigenvalue weighted by Gasteiger charge is 2.46. The molecular weight excluding hydrogens is 180 g/mol. The van der Waals surface area contributed by atoms with E-state index in [0.717, 1.165) is 0 Å². The Labute approximate surface area is 84.4 Å². The van der Waals surface area contributed by atoms with Gasteiger partial charge in [0.05, 0.1) is 11.5 Å². The first-order valence-electron chi connectivity index (χ1n) is 4.89. The van der Waals surface area contributed by atoms with Crippen molar-refractivity contribution >= 4 is 11.8 Å². The fourth-order valence-corrected chi connectivity index (χ4v) is 1.63. The van der Waals surface area contributed by atoms with E-state index < -0.39 is 5.41 Å². The van der Waals surface area contributed by atoms with E-state index in [4.69, 9.17) is 5.73 Å². The highest BCUT2D eigenvalue weighted by molar-refractivity contribution is 6.05. The van der Waals surface area contributed by atoms with Crippen LogP contribution in [0.5, 0.6) is 0 Å². The van der Waals surface area contributed by atoms with Crippen molar-refractivity contribution in [3.63, 3.8) is 0 Å². The van der Waals surface area contributed by atoms with Gasteiger partial charge in [-0.05, 0) is 13.8 Å². The Hall–Kier alpha value is -0.900. The monoisotopic (exact) mass is 198 g/mol. The Balaban J connectivity index is 2.91. The van der Waals surface area contributed by atoms with Crippen LogP contribution in [0.4, 0.5) is 0 Å². The Kier molecular flexibility index (Phi) is 2.67. The summed E-state index contributed by atoms with van der Waals surface area (Å²) in [4.78, 5) is 24.7. The maximum absolute atomic E-state index is 11.8. The second kappa shape index (κ2) is 3.35. The van der Waals surface area contributed by atoms with Gasteiger partial charge in [0, 0.05) is 12.5 Å². The van der Waals surface area contributed by atoms with Gasteiger partial charge in [0.2, 0.25) is 11.8 Å². The van der Waals surface area contributed by atoms with Crippen LogP contribution in [-0.4, -0.2) is 28.8 Å². The molecule has 0 aromatic rings. The predicted molar refractivity (Wildman–Crippen MR) is 53.4 cm³/mol. The second-order valence-corrected chi connectivity index (χ2v) is 4.73. The number of hydrogen-bond acceptors (Lipinski definition) is 3. The van der Waals surface area contributed by atoms with E-state index >= 15 is 0 Å². The third-order valence-electron chi connectivity index (χ3n) is 2.83. The molecule has 1 fully saturated rings. The normalized spacial score (nSPS) is 25.4. The molecule has 1 saturated heterocycles. The molecule has 4 heteroatoms. The number of imide groups is 1. The van der Waals surface area contributed by atoms with Crippen LogP contribution < -0.4 is 5.73 Å². The van der Waals surface area contributed by atoms with E-state index in [9.17, 15) is 9.59 Å². The van der Waals surface area contributed by atoms with E-state index in [0.29, 0.717) is 6.42 Å². The first-order chi connectivity index (χ1) is 6.27. The fraction of sp³-hybridized carbons (Fsp3) is 0.800. The molecule has 0 saturated carbocycles. The Morgan fingerprint density at radius 1 is 1.36 bits per heavy atom. The number of hydrogen-bond donors (Lipinski definition) is 1. The molecule has 0 bridgehead atoms. The van der Waals surface area contributed by atoms with Crippen molar-refractivity contribution in [2.24, 2.45) is 11.1 Å². The van der Waals surface area contributed by atoms with Gasteiger partial charge < -0.3 is 5.73 Å². The summed E-state index contributed by atoms with van der Waals surface area (Å²) < 4.78 is 0. The van der Waals surface area contributed by atoms with Gasteiger partial charge in [-0.15, -0.1) is 0 Å². The topological polar surface area (TPSA) is 63.4 Å². The molecule has 0 radical (unpaired) electrons. The Morgan fingerprint density at radius 3 is 2.14 bits per heavy atom. The van der Waals surface area contributed by atoms with E-state index in [2.05, 4.69) is 0 Å². The van der Waals surface area contributed by atoms with Crippen LogP contribution in [0, 0.1) is 5.41 Å². The van der Waals surface area contributed by atoms with Crippen LogP contribution in [0.2, 0.25) is 0 Å². The predicted octanol–water partition coefficient (Wildman–Crippen LogP) is 0.507. The van der Waals surface area contributed by atoms with Gasteiger partial charge in [-0.25, -0.2) is 0 Å². The molecule has 1 heterocycles. The van der Waals surface area contributed by atoms with Crippen molar-refractivity contribution in [2.45, 2.75) is 46.2 Å². The number of amides is 2. The fourth-order valence-electron chi connectivity index (χ4n) is 1.63. The van der Waals surface area contributed by atoms with Crippen LogP contribution in [0.1, 0.15) is 34.1 Å². The number of carbonyl (C=O) groups excluding carboxylic acids is 2. The summed E-state index contributed by atoms with van der Waals surface area (Å²) in [5, 5.41) is 0. The molecule has 2 N–H and O–H groups in total. The van der Waals surface area contributed by atoms with Crippen LogP contribution in [-0.2, 0) is 9.59 Å². The molecule has 1 rings (SSSR count). The maximum Gasteiger partial charge on any atom is 0.235 e. The summed E-state index contributed by atoms with van der Waals surface area (Å²) in [5.74, 6) is -0.211. The van der Waals surface area contributed by atoms with Crippen molar-refractivity contribution in [3.8, 4) is 0 Å². The van der Waals surface area contributed by atoms with E-state index in [1.54, 1.807) is 20.8 Å². The highest BCUT2D eigenvalue weighted by Crippen LogP contribution is 2.33. The largest absolute Gasteiger partial charge is 0.326 e. The SMILES string of the molecule is CC(N)C(C)N1C(=O)CC(C)(C)C1=O. The third kappa shape index (κ3) is 1.66. The van der Waals surface area contributed by atoms with Gasteiger partial charge >= 0.3 is 0 Å². The van der Waals surface area contributed by atoms with Gasteiger partial charge in [0.25, 0.3) is 0 Å². The van der Waals surface area contributed by atoms with E-state index in [1.807, 2.05) is 6.92 Å². The van der Waals surface area contributed by atoms with Crippen LogP contribution in [0.25, 0.3) is 0 Å². The van der Waals surface area contributed by atoms with Crippen molar-refractivity contribution < 1.29 is 9.59 Å². The van der Waals surface area contributed by atoms with Gasteiger partial charge in [-0.1, -0.05) is 13.8 Å². The molecule has 0 aliphatic carbocycles. The zero-order chi connectivity index (χ0) is 11.1. The maximum atomic E-state index is 11.8. The minimum absolute atomic E-state index is 0.104. The van der Waals surface area contributed by atoms with Crippen molar-refractivity contribution in [3.05, 3.63) is 0 Å². The Morgan fingerprint density at radius 2 is 1.86 bits per heavy atom. The summed E-state index contributed by atoms with van der Waals surface area (Å²) in [6.07, 6.45) is 0.295. The molecular formula is C10H18N2O2. The summed E-state index contributed by atoms with van der Waals surface area (Å²) >= 11 is 0. The number of nitrogens with two attached hydrogens (primary N) is 1. The first kappa shape index (κ1) is 11.2. The van der Waals surface area contributed by atoms with Crippen molar-refractivity contribution in [1.82, 2.24) is 4.90 Å². The van der Waals surface area contributed by atoms with Gasteiger partial charge in [-0.3, -0.25) is 14.5 Å². The summed E-state index contributed by atoms with van der Waals surface area (Å²) in [5.41, 5.74) is 5.13. The number of likely N-dealkylation sites (tertiary alicyclic amines) is 1. The summed E-state index contributed by atoms with van der Waals surface area (Å²) in [7, 11) is 0. The molecule has 14 heavy (non-hydrogen) atoms. The van der Waals surface area contributed by atoms with Crippen LogP contribution >= 0.6 is 0 Å². The zero-order valence-electron chi connectivity index (χ0n) is 9.20. The average Bonchev–Trinajstić information content (AvgIpc) is 2.21. The number of rotatable bonds is 2. The molecule has 0 aromatic heterocycles. The number of nitrogens with zero attached hydrogens (tertiary/aromatic N) is 1. The molecule has 80 valence electrons.